The molecule has 1 atom stereocenters. The quantitative estimate of drug-likeness (QED) is 0.274. The van der Waals surface area contributed by atoms with Crippen molar-refractivity contribution in [1.82, 2.24) is 4.90 Å². The molecule has 0 spiro atoms. The van der Waals surface area contributed by atoms with Crippen LogP contribution in [-0.2, 0) is 0 Å². The fourth-order valence-corrected chi connectivity index (χ4v) is 1.73. The molecular weight excluding hydrogens is 239 g/mol. The van der Waals surface area contributed by atoms with E-state index in [1.807, 2.05) is 0 Å². The molecule has 0 fully saturated rings. The largest absolute Gasteiger partial charge is 0.318 e. The Morgan fingerprint density at radius 2 is 2.10 bits per heavy atom. The van der Waals surface area contributed by atoms with Crippen molar-refractivity contribution in [3.63, 3.8) is 0 Å². The van der Waals surface area contributed by atoms with Gasteiger partial charge in [-0.25, -0.2) is 0 Å². The van der Waals surface area contributed by atoms with Crippen LogP contribution in [0.5, 0.6) is 0 Å². The molecule has 0 bridgehead atoms. The summed E-state index contributed by atoms with van der Waals surface area (Å²) in [4.78, 5) is 2.25. The third kappa shape index (κ3) is 1.05. The normalized spacial score (nSPS) is 30.7. The Kier molecular flexibility index (Phi) is 1.98. The second-order valence-electron chi connectivity index (χ2n) is 3.29. The summed E-state index contributed by atoms with van der Waals surface area (Å²) < 4.78 is 1.54. The van der Waals surface area contributed by atoms with Gasteiger partial charge >= 0.3 is 0 Å². The van der Waals surface area contributed by atoms with Crippen molar-refractivity contribution < 1.29 is 4.48 Å². The molecule has 0 aliphatic carbocycles. The number of hydrogen-bond acceptors (Lipinski definition) is 1. The summed E-state index contributed by atoms with van der Waals surface area (Å²) >= 11 is 2.46. The molecule has 10 heavy (non-hydrogen) atoms. The molecule has 0 aromatic carbocycles. The minimum Gasteiger partial charge on any atom is -0.318 e. The van der Waals surface area contributed by atoms with E-state index < -0.39 is 0 Å². The van der Waals surface area contributed by atoms with Gasteiger partial charge in [0.25, 0.3) is 0 Å². The molecule has 0 radical (unpaired) electrons. The summed E-state index contributed by atoms with van der Waals surface area (Å²) in [6.07, 6.45) is 2.21. The van der Waals surface area contributed by atoms with Crippen molar-refractivity contribution in [2.75, 3.05) is 21.1 Å². The van der Waals surface area contributed by atoms with Gasteiger partial charge in [0.05, 0.1) is 20.3 Å². The van der Waals surface area contributed by atoms with Gasteiger partial charge in [-0.15, -0.1) is 0 Å². The van der Waals surface area contributed by atoms with Crippen molar-refractivity contribution in [3.05, 3.63) is 11.9 Å². The van der Waals surface area contributed by atoms with Crippen LogP contribution in [0.2, 0.25) is 0 Å². The molecule has 2 nitrogen and oxygen atoms in total. The zero-order valence-electron chi connectivity index (χ0n) is 6.93. The van der Waals surface area contributed by atoms with E-state index in [0.717, 1.165) is 4.48 Å². The van der Waals surface area contributed by atoms with E-state index in [9.17, 15) is 0 Å². The van der Waals surface area contributed by atoms with Gasteiger partial charge in [-0.2, -0.15) is 0 Å². The predicted octanol–water partition coefficient (Wildman–Crippen LogP) is 1.59. The first-order chi connectivity index (χ1) is 4.46. The average Bonchev–Trinajstić information content (AvgIpc) is 1.97. The molecule has 0 saturated carbocycles. The number of hydrogen-bond donors (Lipinski definition) is 0. The number of alkyl halides is 1. The zero-order valence-corrected chi connectivity index (χ0v) is 9.08. The van der Waals surface area contributed by atoms with E-state index in [1.54, 1.807) is 0 Å². The van der Waals surface area contributed by atoms with E-state index in [1.165, 1.54) is 5.70 Å². The lowest BCUT2D eigenvalue weighted by atomic mass is 10.4. The minimum absolute atomic E-state index is 0.553. The van der Waals surface area contributed by atoms with Crippen LogP contribution in [0.15, 0.2) is 11.9 Å². The molecule has 3 heteroatoms. The van der Waals surface area contributed by atoms with Gasteiger partial charge in [0, 0.05) is 36.6 Å². The average molecular weight is 253 g/mol. The number of rotatable bonds is 0. The first kappa shape index (κ1) is 8.33. The predicted molar refractivity (Wildman–Crippen MR) is 51.4 cm³/mol. The molecule has 1 aliphatic rings. The Balaban J connectivity index is 2.89. The lowest BCUT2D eigenvalue weighted by molar-refractivity contribution is -0.860. The summed E-state index contributed by atoms with van der Waals surface area (Å²) in [5, 5.41) is 0. The Morgan fingerprint density at radius 1 is 1.60 bits per heavy atom. The molecule has 0 saturated heterocycles. The fourth-order valence-electron chi connectivity index (χ4n) is 1.13. The van der Waals surface area contributed by atoms with E-state index >= 15 is 0 Å². The fraction of sp³-hybridized carbons (Fsp3) is 0.714. The molecule has 0 aromatic rings. The topological polar surface area (TPSA) is 3.24 Å². The molecule has 58 valence electrons. The molecule has 1 heterocycles. The Bertz CT molecular complexity index is 174. The van der Waals surface area contributed by atoms with Crippen LogP contribution >= 0.6 is 22.6 Å². The third-order valence-corrected chi connectivity index (χ3v) is 4.44. The van der Waals surface area contributed by atoms with Crippen molar-refractivity contribution >= 4 is 22.6 Å². The van der Waals surface area contributed by atoms with Crippen molar-refractivity contribution in [1.29, 1.82) is 0 Å². The highest BCUT2D eigenvalue weighted by molar-refractivity contribution is 14.1. The summed E-state index contributed by atoms with van der Waals surface area (Å²) in [7, 11) is 6.58. The highest BCUT2D eigenvalue weighted by Crippen LogP contribution is 2.30. The van der Waals surface area contributed by atoms with Crippen LogP contribution in [-0.4, -0.2) is 34.7 Å². The van der Waals surface area contributed by atoms with Crippen LogP contribution in [0.3, 0.4) is 0 Å². The Morgan fingerprint density at radius 3 is 2.20 bits per heavy atom. The summed E-state index contributed by atoms with van der Waals surface area (Å²) in [5.74, 6) is 0. The number of quaternary nitrogens is 1. The molecule has 1 unspecified atom stereocenters. The van der Waals surface area contributed by atoms with Gasteiger partial charge in [0.1, 0.15) is 5.70 Å². The first-order valence-electron chi connectivity index (χ1n) is 3.35. The molecule has 0 aromatic heterocycles. The maximum absolute atomic E-state index is 2.46. The second-order valence-corrected chi connectivity index (χ2v) is 4.40. The van der Waals surface area contributed by atoms with E-state index in [2.05, 4.69) is 61.8 Å². The minimum atomic E-state index is 0.553. The molecule has 0 amide bonds. The Hall–Kier alpha value is 0.230. The van der Waals surface area contributed by atoms with Crippen molar-refractivity contribution in [2.24, 2.45) is 0 Å². The SMILES string of the molecule is CC1=CN(C)C(I)[N+]1(C)C. The standard InChI is InChI=1S/C7H14IN2/c1-6-5-9(2)7(8)10(6,3)4/h5,7H,1-4H3/q+1. The van der Waals surface area contributed by atoms with Crippen molar-refractivity contribution in [2.45, 2.75) is 11.1 Å². The highest BCUT2D eigenvalue weighted by atomic mass is 127. The summed E-state index contributed by atoms with van der Waals surface area (Å²) in [6, 6.07) is 0. The van der Waals surface area contributed by atoms with Crippen molar-refractivity contribution in [3.8, 4) is 0 Å². The molecule has 1 rings (SSSR count). The Labute approximate surface area is 76.2 Å². The van der Waals surface area contributed by atoms with E-state index in [4.69, 9.17) is 0 Å². The van der Waals surface area contributed by atoms with Gasteiger partial charge in [-0.1, -0.05) is 0 Å². The van der Waals surface area contributed by atoms with Crippen LogP contribution in [0.1, 0.15) is 6.92 Å². The first-order valence-corrected chi connectivity index (χ1v) is 4.59. The maximum Gasteiger partial charge on any atom is 0.219 e. The molecular formula is C7H14IN2+. The summed E-state index contributed by atoms with van der Waals surface area (Å²) in [5.41, 5.74) is 1.42. The summed E-state index contributed by atoms with van der Waals surface area (Å²) in [6.45, 7) is 2.18. The van der Waals surface area contributed by atoms with Gasteiger partial charge in [-0.3, -0.25) is 4.48 Å². The zero-order chi connectivity index (χ0) is 7.94. The van der Waals surface area contributed by atoms with Crippen LogP contribution in [0, 0.1) is 0 Å². The van der Waals surface area contributed by atoms with Crippen LogP contribution in [0.25, 0.3) is 0 Å². The second kappa shape index (κ2) is 2.37. The van der Waals surface area contributed by atoms with Gasteiger partial charge in [0.2, 0.25) is 4.17 Å². The van der Waals surface area contributed by atoms with E-state index in [0.29, 0.717) is 4.17 Å². The lowest BCUT2D eigenvalue weighted by Crippen LogP contribution is -2.44. The molecule has 1 aliphatic heterocycles. The number of allylic oxidation sites excluding steroid dienone is 1. The lowest BCUT2D eigenvalue weighted by Gasteiger charge is -2.31. The molecule has 0 N–H and O–H groups in total. The van der Waals surface area contributed by atoms with Crippen LogP contribution < -0.4 is 0 Å². The van der Waals surface area contributed by atoms with Gasteiger partial charge < -0.3 is 4.90 Å². The van der Waals surface area contributed by atoms with Gasteiger partial charge in [0.15, 0.2) is 0 Å². The maximum atomic E-state index is 2.46. The van der Waals surface area contributed by atoms with E-state index in [-0.39, 0.29) is 0 Å². The van der Waals surface area contributed by atoms with Crippen LogP contribution in [0.4, 0.5) is 0 Å². The number of halogens is 1. The third-order valence-electron chi connectivity index (χ3n) is 2.17. The number of nitrogens with zero attached hydrogens (tertiary/aromatic N) is 2. The van der Waals surface area contributed by atoms with Gasteiger partial charge in [-0.05, 0) is 0 Å². The monoisotopic (exact) mass is 253 g/mol. The highest BCUT2D eigenvalue weighted by Gasteiger charge is 2.36. The smallest absolute Gasteiger partial charge is 0.219 e.